The molecule has 1 aromatic heterocycles. The van der Waals surface area contributed by atoms with Crippen molar-refractivity contribution < 1.29 is 0 Å². The van der Waals surface area contributed by atoms with Gasteiger partial charge in [-0.25, -0.2) is 0 Å². The molecular formula is C10H14BrNS. The molecule has 1 aromatic rings. The molecule has 1 aliphatic rings. The molecule has 2 rings (SSSR count). The fourth-order valence-electron chi connectivity index (χ4n) is 1.65. The first-order valence-corrected chi connectivity index (χ1v) is 6.42. The lowest BCUT2D eigenvalue weighted by atomic mass is 9.92. The van der Waals surface area contributed by atoms with E-state index in [-0.39, 0.29) is 0 Å². The highest BCUT2D eigenvalue weighted by molar-refractivity contribution is 9.10. The van der Waals surface area contributed by atoms with Crippen molar-refractivity contribution >= 4 is 27.3 Å². The van der Waals surface area contributed by atoms with Gasteiger partial charge in [0.15, 0.2) is 0 Å². The van der Waals surface area contributed by atoms with Crippen molar-refractivity contribution in [2.45, 2.75) is 31.8 Å². The molecule has 0 bridgehead atoms. The van der Waals surface area contributed by atoms with Crippen LogP contribution in [0.15, 0.2) is 15.2 Å². The summed E-state index contributed by atoms with van der Waals surface area (Å²) in [4.78, 5) is 2.47. The topological polar surface area (TPSA) is 3.24 Å². The summed E-state index contributed by atoms with van der Waals surface area (Å²) in [5.41, 5.74) is 1.43. The molecule has 72 valence electrons. The van der Waals surface area contributed by atoms with Crippen molar-refractivity contribution in [3.63, 3.8) is 0 Å². The second-order valence-corrected chi connectivity index (χ2v) is 5.34. The standard InChI is InChI=1S/C10H14BrNS/c1-12(9-3-2-4-9)5-8-6-13-7-10(8)11/h6-7,9H,2-5H2,1H3. The second-order valence-electron chi connectivity index (χ2n) is 3.74. The molecule has 1 heterocycles. The third-order valence-electron chi connectivity index (χ3n) is 2.81. The van der Waals surface area contributed by atoms with Gasteiger partial charge in [-0.3, -0.25) is 4.90 Å². The third-order valence-corrected chi connectivity index (χ3v) is 4.64. The molecule has 0 radical (unpaired) electrons. The molecule has 13 heavy (non-hydrogen) atoms. The Morgan fingerprint density at radius 3 is 2.77 bits per heavy atom. The van der Waals surface area contributed by atoms with Crippen LogP contribution in [0.1, 0.15) is 24.8 Å². The van der Waals surface area contributed by atoms with E-state index in [2.05, 4.69) is 38.6 Å². The molecule has 0 N–H and O–H groups in total. The van der Waals surface area contributed by atoms with Crippen molar-refractivity contribution in [3.8, 4) is 0 Å². The first-order valence-electron chi connectivity index (χ1n) is 4.68. The summed E-state index contributed by atoms with van der Waals surface area (Å²) < 4.78 is 1.27. The molecule has 1 nitrogen and oxygen atoms in total. The number of halogens is 1. The van der Waals surface area contributed by atoms with Crippen LogP contribution in [0.4, 0.5) is 0 Å². The Morgan fingerprint density at radius 2 is 2.31 bits per heavy atom. The van der Waals surface area contributed by atoms with Crippen LogP contribution in [0, 0.1) is 0 Å². The summed E-state index contributed by atoms with van der Waals surface area (Å²) in [6.07, 6.45) is 4.19. The van der Waals surface area contributed by atoms with Crippen LogP contribution < -0.4 is 0 Å². The fraction of sp³-hybridized carbons (Fsp3) is 0.600. The smallest absolute Gasteiger partial charge is 0.0327 e. The van der Waals surface area contributed by atoms with Gasteiger partial charge in [0, 0.05) is 22.4 Å². The van der Waals surface area contributed by atoms with Crippen molar-refractivity contribution in [1.29, 1.82) is 0 Å². The summed E-state index contributed by atoms with van der Waals surface area (Å²) in [6, 6.07) is 0.840. The lowest BCUT2D eigenvalue weighted by Crippen LogP contribution is -2.36. The normalized spacial score (nSPS) is 17.8. The van der Waals surface area contributed by atoms with Gasteiger partial charge in [0.25, 0.3) is 0 Å². The van der Waals surface area contributed by atoms with Gasteiger partial charge >= 0.3 is 0 Å². The molecule has 1 saturated carbocycles. The Bertz CT molecular complexity index is 280. The molecule has 0 aliphatic heterocycles. The van der Waals surface area contributed by atoms with Gasteiger partial charge in [0.05, 0.1) is 0 Å². The number of hydrogen-bond donors (Lipinski definition) is 0. The molecule has 3 heteroatoms. The van der Waals surface area contributed by atoms with Crippen molar-refractivity contribution in [1.82, 2.24) is 4.90 Å². The summed E-state index contributed by atoms with van der Waals surface area (Å²) in [5.74, 6) is 0. The molecule has 0 spiro atoms. The molecule has 0 aromatic carbocycles. The molecule has 0 amide bonds. The van der Waals surface area contributed by atoms with Crippen LogP contribution in [0.5, 0.6) is 0 Å². The van der Waals surface area contributed by atoms with E-state index in [0.717, 1.165) is 12.6 Å². The minimum atomic E-state index is 0.840. The largest absolute Gasteiger partial charge is 0.299 e. The van der Waals surface area contributed by atoms with Crippen molar-refractivity contribution in [3.05, 3.63) is 20.8 Å². The Kier molecular flexibility index (Phi) is 3.06. The maximum absolute atomic E-state index is 3.57. The highest BCUT2D eigenvalue weighted by atomic mass is 79.9. The molecule has 0 saturated heterocycles. The number of nitrogens with zero attached hydrogens (tertiary/aromatic N) is 1. The lowest BCUT2D eigenvalue weighted by Gasteiger charge is -2.34. The van der Waals surface area contributed by atoms with E-state index in [4.69, 9.17) is 0 Å². The maximum Gasteiger partial charge on any atom is 0.0327 e. The minimum absolute atomic E-state index is 0.840. The average Bonchev–Trinajstić information content (AvgIpc) is 2.32. The van der Waals surface area contributed by atoms with E-state index in [9.17, 15) is 0 Å². The molecule has 0 unspecified atom stereocenters. The van der Waals surface area contributed by atoms with Gasteiger partial charge in [0.2, 0.25) is 0 Å². The zero-order valence-corrected chi connectivity index (χ0v) is 10.2. The van der Waals surface area contributed by atoms with E-state index in [1.165, 1.54) is 29.3 Å². The zero-order valence-electron chi connectivity index (χ0n) is 7.79. The second kappa shape index (κ2) is 4.11. The summed E-state index contributed by atoms with van der Waals surface area (Å²) >= 11 is 5.34. The highest BCUT2D eigenvalue weighted by Crippen LogP contribution is 2.28. The Balaban J connectivity index is 1.93. The summed E-state index contributed by atoms with van der Waals surface area (Å²) in [6.45, 7) is 1.09. The van der Waals surface area contributed by atoms with Gasteiger partial charge in [-0.05, 0) is 46.8 Å². The highest BCUT2D eigenvalue weighted by Gasteiger charge is 2.22. The first-order chi connectivity index (χ1) is 6.27. The monoisotopic (exact) mass is 259 g/mol. The lowest BCUT2D eigenvalue weighted by molar-refractivity contribution is 0.152. The van der Waals surface area contributed by atoms with E-state index >= 15 is 0 Å². The molecule has 1 aliphatic carbocycles. The van der Waals surface area contributed by atoms with Crippen LogP contribution >= 0.6 is 27.3 Å². The van der Waals surface area contributed by atoms with Crippen molar-refractivity contribution in [2.75, 3.05) is 7.05 Å². The van der Waals surface area contributed by atoms with Crippen LogP contribution in [0.3, 0.4) is 0 Å². The number of hydrogen-bond acceptors (Lipinski definition) is 2. The quantitative estimate of drug-likeness (QED) is 0.804. The summed E-state index contributed by atoms with van der Waals surface area (Å²) in [7, 11) is 2.23. The van der Waals surface area contributed by atoms with Gasteiger partial charge in [-0.1, -0.05) is 6.42 Å². The van der Waals surface area contributed by atoms with Crippen LogP contribution in [-0.2, 0) is 6.54 Å². The Morgan fingerprint density at radius 1 is 1.54 bits per heavy atom. The maximum atomic E-state index is 3.57. The van der Waals surface area contributed by atoms with E-state index in [1.54, 1.807) is 11.3 Å². The average molecular weight is 260 g/mol. The predicted molar refractivity (Wildman–Crippen MR) is 61.1 cm³/mol. The van der Waals surface area contributed by atoms with Crippen molar-refractivity contribution in [2.24, 2.45) is 0 Å². The number of rotatable bonds is 3. The van der Waals surface area contributed by atoms with Gasteiger partial charge in [-0.15, -0.1) is 0 Å². The summed E-state index contributed by atoms with van der Waals surface area (Å²) in [5, 5.41) is 4.39. The molecular weight excluding hydrogens is 246 g/mol. The molecule has 1 fully saturated rings. The van der Waals surface area contributed by atoms with Crippen LogP contribution in [0.25, 0.3) is 0 Å². The number of thiophene rings is 1. The van der Waals surface area contributed by atoms with E-state index in [1.807, 2.05) is 0 Å². The zero-order chi connectivity index (χ0) is 9.26. The Labute approximate surface area is 91.9 Å². The molecule has 0 atom stereocenters. The van der Waals surface area contributed by atoms with Gasteiger partial charge in [-0.2, -0.15) is 11.3 Å². The minimum Gasteiger partial charge on any atom is -0.299 e. The fourth-order valence-corrected chi connectivity index (χ4v) is 3.07. The first kappa shape index (κ1) is 9.69. The van der Waals surface area contributed by atoms with E-state index < -0.39 is 0 Å². The third kappa shape index (κ3) is 2.14. The SMILES string of the molecule is CN(Cc1cscc1Br)C1CCC1. The van der Waals surface area contributed by atoms with Gasteiger partial charge in [0.1, 0.15) is 0 Å². The van der Waals surface area contributed by atoms with Crippen LogP contribution in [0.2, 0.25) is 0 Å². The van der Waals surface area contributed by atoms with E-state index in [0.29, 0.717) is 0 Å². The van der Waals surface area contributed by atoms with Gasteiger partial charge < -0.3 is 0 Å². The predicted octanol–water partition coefficient (Wildman–Crippen LogP) is 3.49. The Hall–Kier alpha value is 0.140. The van der Waals surface area contributed by atoms with Crippen LogP contribution in [-0.4, -0.2) is 18.0 Å².